The van der Waals surface area contributed by atoms with Gasteiger partial charge < -0.3 is 19.8 Å². The molecule has 0 spiro atoms. The van der Waals surface area contributed by atoms with Gasteiger partial charge in [-0.05, 0) is 12.5 Å². The number of nitrogens with zero attached hydrogens (tertiary/aromatic N) is 6. The number of benzene rings is 1. The molecule has 0 amide bonds. The molecule has 1 aromatic carbocycles. The molecule has 2 N–H and O–H groups in total. The average Bonchev–Trinajstić information content (AvgIpc) is 3.28. The van der Waals surface area contributed by atoms with Crippen LogP contribution < -0.4 is 5.32 Å². The molecule has 0 aliphatic carbocycles. The first-order valence-corrected chi connectivity index (χ1v) is 8.59. The third-order valence-electron chi connectivity index (χ3n) is 3.97. The quantitative estimate of drug-likeness (QED) is 0.322. The van der Waals surface area contributed by atoms with Gasteiger partial charge in [-0.25, -0.2) is 9.98 Å². The lowest BCUT2D eigenvalue weighted by atomic mass is 10.2. The van der Waals surface area contributed by atoms with Crippen LogP contribution >= 0.6 is 24.0 Å². The molecule has 8 nitrogen and oxygen atoms in total. The van der Waals surface area contributed by atoms with Crippen molar-refractivity contribution < 1.29 is 0 Å². The highest BCUT2D eigenvalue weighted by Gasteiger charge is 2.10. The van der Waals surface area contributed by atoms with Crippen molar-refractivity contribution in [1.29, 1.82) is 0 Å². The van der Waals surface area contributed by atoms with E-state index in [4.69, 9.17) is 0 Å². The van der Waals surface area contributed by atoms with Crippen LogP contribution in [0.4, 0.5) is 0 Å². The SMILES string of the molecule is CCNC(=NCc1nncn1C)N(C)Cc1ncc(-c2ccccc2)[nH]1.I. The minimum atomic E-state index is 0. The van der Waals surface area contributed by atoms with Crippen LogP contribution in [0.15, 0.2) is 47.8 Å². The maximum atomic E-state index is 4.64. The van der Waals surface area contributed by atoms with E-state index >= 15 is 0 Å². The number of guanidine groups is 1. The Balaban J connectivity index is 0.00000261. The number of H-pyrrole nitrogens is 1. The number of aliphatic imine (C=N–C) groups is 1. The van der Waals surface area contributed by atoms with Crippen molar-refractivity contribution in [2.45, 2.75) is 20.0 Å². The zero-order valence-electron chi connectivity index (χ0n) is 15.8. The van der Waals surface area contributed by atoms with Crippen LogP contribution in [0.5, 0.6) is 0 Å². The topological polar surface area (TPSA) is 87.0 Å². The van der Waals surface area contributed by atoms with Crippen molar-refractivity contribution in [2.24, 2.45) is 12.0 Å². The Bertz CT molecular complexity index is 855. The summed E-state index contributed by atoms with van der Waals surface area (Å²) in [7, 11) is 3.90. The van der Waals surface area contributed by atoms with Crippen molar-refractivity contribution in [3.8, 4) is 11.3 Å². The Morgan fingerprint density at radius 1 is 1.30 bits per heavy atom. The second kappa shape index (κ2) is 10.0. The first kappa shape index (κ1) is 20.9. The summed E-state index contributed by atoms with van der Waals surface area (Å²) in [4.78, 5) is 14.5. The minimum Gasteiger partial charge on any atom is -0.357 e. The number of aromatic amines is 1. The molecule has 9 heteroatoms. The Kier molecular flexibility index (Phi) is 7.77. The highest BCUT2D eigenvalue weighted by Crippen LogP contribution is 2.16. The molecule has 0 atom stereocenters. The second-order valence-corrected chi connectivity index (χ2v) is 5.99. The molecule has 3 aromatic rings. The molecular weight excluding hydrogens is 455 g/mol. The van der Waals surface area contributed by atoms with Crippen molar-refractivity contribution in [2.75, 3.05) is 13.6 Å². The number of hydrogen-bond donors (Lipinski definition) is 2. The largest absolute Gasteiger partial charge is 0.357 e. The number of aromatic nitrogens is 5. The highest BCUT2D eigenvalue weighted by molar-refractivity contribution is 14.0. The number of rotatable bonds is 6. The van der Waals surface area contributed by atoms with E-state index in [2.05, 4.69) is 42.6 Å². The van der Waals surface area contributed by atoms with Gasteiger partial charge in [0.05, 0.1) is 18.4 Å². The van der Waals surface area contributed by atoms with Gasteiger partial charge in [0, 0.05) is 20.6 Å². The molecule has 0 radical (unpaired) electrons. The van der Waals surface area contributed by atoms with E-state index in [1.807, 2.05) is 54.9 Å². The van der Waals surface area contributed by atoms with Crippen LogP contribution in [0.25, 0.3) is 11.3 Å². The van der Waals surface area contributed by atoms with Gasteiger partial charge >= 0.3 is 0 Å². The molecule has 0 aliphatic rings. The number of imidazole rings is 1. The number of halogens is 1. The van der Waals surface area contributed by atoms with E-state index in [-0.39, 0.29) is 24.0 Å². The number of hydrogen-bond acceptors (Lipinski definition) is 4. The molecule has 144 valence electrons. The van der Waals surface area contributed by atoms with E-state index < -0.39 is 0 Å². The first-order chi connectivity index (χ1) is 12.7. The molecule has 3 rings (SSSR count). The average molecular weight is 480 g/mol. The minimum absolute atomic E-state index is 0. The van der Waals surface area contributed by atoms with Gasteiger partial charge in [-0.2, -0.15) is 0 Å². The molecule has 27 heavy (non-hydrogen) atoms. The molecule has 0 aliphatic heterocycles. The van der Waals surface area contributed by atoms with Gasteiger partial charge in [0.25, 0.3) is 0 Å². The van der Waals surface area contributed by atoms with Crippen molar-refractivity contribution in [3.63, 3.8) is 0 Å². The van der Waals surface area contributed by atoms with Gasteiger partial charge in [-0.1, -0.05) is 30.3 Å². The Labute approximate surface area is 176 Å². The third kappa shape index (κ3) is 5.52. The predicted octanol–water partition coefficient (Wildman–Crippen LogP) is 2.42. The van der Waals surface area contributed by atoms with E-state index in [1.165, 1.54) is 0 Å². The summed E-state index contributed by atoms with van der Waals surface area (Å²) in [5.41, 5.74) is 2.13. The number of aryl methyl sites for hydroxylation is 1. The molecular formula is C18H25IN8. The fourth-order valence-corrected chi connectivity index (χ4v) is 2.57. The molecule has 0 saturated heterocycles. The summed E-state index contributed by atoms with van der Waals surface area (Å²) < 4.78 is 1.87. The molecule has 0 bridgehead atoms. The fraction of sp³-hybridized carbons (Fsp3) is 0.333. The molecule has 2 heterocycles. The van der Waals surface area contributed by atoms with Crippen LogP contribution in [0, 0.1) is 0 Å². The summed E-state index contributed by atoms with van der Waals surface area (Å²) in [6.07, 6.45) is 3.54. The predicted molar refractivity (Wildman–Crippen MR) is 117 cm³/mol. The normalized spacial score (nSPS) is 11.1. The smallest absolute Gasteiger partial charge is 0.194 e. The van der Waals surface area contributed by atoms with E-state index in [0.717, 1.165) is 35.4 Å². The third-order valence-corrected chi connectivity index (χ3v) is 3.97. The van der Waals surface area contributed by atoms with Gasteiger partial charge in [0.1, 0.15) is 18.7 Å². The summed E-state index contributed by atoms with van der Waals surface area (Å²) in [6.45, 7) is 3.93. The van der Waals surface area contributed by atoms with Gasteiger partial charge in [0.2, 0.25) is 0 Å². The van der Waals surface area contributed by atoms with Crippen LogP contribution in [-0.4, -0.2) is 49.2 Å². The Morgan fingerprint density at radius 3 is 2.74 bits per heavy atom. The first-order valence-electron chi connectivity index (χ1n) is 8.59. The number of nitrogens with one attached hydrogen (secondary N) is 2. The standard InChI is InChI=1S/C18H24N8.HI/c1-4-19-18(21-11-17-24-22-13-26(17)3)25(2)12-16-20-10-15(23-16)14-8-6-5-7-9-14;/h5-10,13H,4,11-12H2,1-3H3,(H,19,21)(H,20,23);1H. The van der Waals surface area contributed by atoms with Crippen LogP contribution in [0.1, 0.15) is 18.6 Å². The van der Waals surface area contributed by atoms with Crippen molar-refractivity contribution in [1.82, 2.24) is 34.9 Å². The summed E-state index contributed by atoms with van der Waals surface area (Å²) >= 11 is 0. The van der Waals surface area contributed by atoms with E-state index in [1.54, 1.807) is 6.33 Å². The van der Waals surface area contributed by atoms with Crippen LogP contribution in [0.2, 0.25) is 0 Å². The lowest BCUT2D eigenvalue weighted by Gasteiger charge is -2.20. The van der Waals surface area contributed by atoms with E-state index in [0.29, 0.717) is 13.1 Å². The highest BCUT2D eigenvalue weighted by atomic mass is 127. The van der Waals surface area contributed by atoms with Gasteiger partial charge in [-0.15, -0.1) is 34.2 Å². The van der Waals surface area contributed by atoms with Gasteiger partial charge in [-0.3, -0.25) is 0 Å². The Morgan fingerprint density at radius 2 is 2.07 bits per heavy atom. The van der Waals surface area contributed by atoms with Crippen LogP contribution in [0.3, 0.4) is 0 Å². The molecule has 2 aromatic heterocycles. The molecule has 0 unspecified atom stereocenters. The van der Waals surface area contributed by atoms with Crippen LogP contribution in [-0.2, 0) is 20.1 Å². The zero-order chi connectivity index (χ0) is 18.4. The maximum Gasteiger partial charge on any atom is 0.194 e. The van der Waals surface area contributed by atoms with Crippen molar-refractivity contribution >= 4 is 29.9 Å². The fourth-order valence-electron chi connectivity index (χ4n) is 2.57. The lowest BCUT2D eigenvalue weighted by molar-refractivity contribution is 0.463. The monoisotopic (exact) mass is 480 g/mol. The summed E-state index contributed by atoms with van der Waals surface area (Å²) in [6, 6.07) is 10.2. The van der Waals surface area contributed by atoms with Crippen molar-refractivity contribution in [3.05, 3.63) is 54.5 Å². The van der Waals surface area contributed by atoms with E-state index in [9.17, 15) is 0 Å². The summed E-state index contributed by atoms with van der Waals surface area (Å²) in [5, 5.41) is 11.3. The molecule has 0 fully saturated rings. The van der Waals surface area contributed by atoms with Gasteiger partial charge in [0.15, 0.2) is 11.8 Å². The Hall–Kier alpha value is -2.43. The molecule has 0 saturated carbocycles. The zero-order valence-corrected chi connectivity index (χ0v) is 18.1. The summed E-state index contributed by atoms with van der Waals surface area (Å²) in [5.74, 6) is 2.50. The maximum absolute atomic E-state index is 4.64. The second-order valence-electron chi connectivity index (χ2n) is 5.99. The lowest BCUT2D eigenvalue weighted by Crippen LogP contribution is -2.38.